The number of benzene rings is 1. The fourth-order valence-electron chi connectivity index (χ4n) is 4.05. The van der Waals surface area contributed by atoms with E-state index in [0.29, 0.717) is 0 Å². The highest BCUT2D eigenvalue weighted by atomic mass is 32.1. The summed E-state index contributed by atoms with van der Waals surface area (Å²) in [7, 11) is 0. The van der Waals surface area contributed by atoms with Crippen molar-refractivity contribution in [3.63, 3.8) is 0 Å². The Morgan fingerprint density at radius 3 is 2.64 bits per heavy atom. The number of nitrogens with one attached hydrogen (secondary N) is 1. The van der Waals surface area contributed by atoms with Gasteiger partial charge in [-0.2, -0.15) is 0 Å². The number of carboxylic acid groups (broad SMARTS) is 1. The third kappa shape index (κ3) is 2.45. The molecule has 9 nitrogen and oxygen atoms in total. The summed E-state index contributed by atoms with van der Waals surface area (Å²) in [4.78, 5) is 50.4. The quantitative estimate of drug-likeness (QED) is 0.455. The van der Waals surface area contributed by atoms with Crippen molar-refractivity contribution in [3.05, 3.63) is 56.8 Å². The molecule has 0 saturated carbocycles. The number of rotatable bonds is 4. The molecule has 2 fully saturated rings. The number of hydrogen-bond donors (Lipinski definition) is 2. The minimum Gasteiger partial charge on any atom is -0.480 e. The SMILES string of the molecule is CC1(C(=O)O)NC(c2cccs2)C2C(=O)N(c3cccc([N+](=O)[O-])c3)C(=O)C21. The summed E-state index contributed by atoms with van der Waals surface area (Å²) < 4.78 is 0. The zero-order chi connectivity index (χ0) is 20.2. The maximum absolute atomic E-state index is 13.2. The molecule has 2 N–H and O–H groups in total. The predicted octanol–water partition coefficient (Wildman–Crippen LogP) is 1.95. The van der Waals surface area contributed by atoms with Gasteiger partial charge in [0.25, 0.3) is 5.69 Å². The van der Waals surface area contributed by atoms with Gasteiger partial charge in [0, 0.05) is 17.0 Å². The lowest BCUT2D eigenvalue weighted by atomic mass is 9.81. The molecule has 28 heavy (non-hydrogen) atoms. The fourth-order valence-corrected chi connectivity index (χ4v) is 4.87. The van der Waals surface area contributed by atoms with Gasteiger partial charge >= 0.3 is 5.97 Å². The normalized spacial score (nSPS) is 29.2. The Hall–Kier alpha value is -3.11. The molecule has 2 amide bonds. The monoisotopic (exact) mass is 401 g/mol. The van der Waals surface area contributed by atoms with E-state index in [1.54, 1.807) is 12.1 Å². The number of nitro groups is 1. The minimum atomic E-state index is -1.64. The molecule has 0 spiro atoms. The number of carboxylic acids is 1. The van der Waals surface area contributed by atoms with Crippen molar-refractivity contribution in [3.8, 4) is 0 Å². The van der Waals surface area contributed by atoms with Gasteiger partial charge < -0.3 is 5.11 Å². The second kappa shape index (κ2) is 6.21. The molecule has 1 aromatic carbocycles. The molecule has 1 aromatic heterocycles. The van der Waals surface area contributed by atoms with Crippen molar-refractivity contribution in [1.29, 1.82) is 0 Å². The first-order chi connectivity index (χ1) is 13.3. The van der Waals surface area contributed by atoms with E-state index in [1.165, 1.54) is 36.5 Å². The number of carbonyl (C=O) groups is 3. The molecule has 0 aliphatic carbocycles. The number of aliphatic carboxylic acids is 1. The van der Waals surface area contributed by atoms with E-state index in [1.807, 2.05) is 5.38 Å². The highest BCUT2D eigenvalue weighted by molar-refractivity contribution is 7.10. The van der Waals surface area contributed by atoms with Crippen LogP contribution in [0.3, 0.4) is 0 Å². The largest absolute Gasteiger partial charge is 0.480 e. The number of carbonyl (C=O) groups excluding carboxylic acids is 2. The van der Waals surface area contributed by atoms with E-state index < -0.39 is 46.1 Å². The molecule has 2 aromatic rings. The predicted molar refractivity (Wildman–Crippen MR) is 98.8 cm³/mol. The summed E-state index contributed by atoms with van der Waals surface area (Å²) in [5.41, 5.74) is -1.83. The minimum absolute atomic E-state index is 0.0660. The van der Waals surface area contributed by atoms with Crippen LogP contribution in [0.1, 0.15) is 17.8 Å². The van der Waals surface area contributed by atoms with E-state index in [4.69, 9.17) is 0 Å². The summed E-state index contributed by atoms with van der Waals surface area (Å²) in [6.45, 7) is 1.39. The van der Waals surface area contributed by atoms with Gasteiger partial charge in [-0.1, -0.05) is 12.1 Å². The smallest absolute Gasteiger partial charge is 0.324 e. The van der Waals surface area contributed by atoms with Crippen LogP contribution in [0.25, 0.3) is 0 Å². The van der Waals surface area contributed by atoms with Crippen LogP contribution in [0.5, 0.6) is 0 Å². The highest BCUT2D eigenvalue weighted by Crippen LogP contribution is 2.50. The standard InChI is InChI=1S/C18H15N3O6S/c1-18(17(24)25)13-12(14(19-18)11-6-3-7-28-11)15(22)20(16(13)23)9-4-2-5-10(8-9)21(26)27/h2-8,12-14,19H,1H3,(H,24,25). The number of amides is 2. The number of nitrogens with zero attached hydrogens (tertiary/aromatic N) is 2. The van der Waals surface area contributed by atoms with Crippen LogP contribution in [0, 0.1) is 22.0 Å². The second-order valence-corrected chi connectivity index (χ2v) is 7.92. The van der Waals surface area contributed by atoms with E-state index in [-0.39, 0.29) is 11.4 Å². The Kier molecular flexibility index (Phi) is 4.05. The fraction of sp³-hybridized carbons (Fsp3) is 0.278. The Morgan fingerprint density at radius 1 is 1.29 bits per heavy atom. The van der Waals surface area contributed by atoms with Crippen LogP contribution in [0.2, 0.25) is 0 Å². The van der Waals surface area contributed by atoms with E-state index in [9.17, 15) is 29.6 Å². The Bertz CT molecular complexity index is 1010. The second-order valence-electron chi connectivity index (χ2n) is 6.94. The molecular weight excluding hydrogens is 386 g/mol. The van der Waals surface area contributed by atoms with Crippen LogP contribution < -0.4 is 10.2 Å². The lowest BCUT2D eigenvalue weighted by molar-refractivity contribution is -0.384. The molecule has 2 aliphatic heterocycles. The molecule has 144 valence electrons. The number of thiophene rings is 1. The van der Waals surface area contributed by atoms with Gasteiger partial charge in [-0.3, -0.25) is 29.8 Å². The van der Waals surface area contributed by atoms with Crippen molar-refractivity contribution in [1.82, 2.24) is 5.32 Å². The zero-order valence-electron chi connectivity index (χ0n) is 14.6. The van der Waals surface area contributed by atoms with Crippen molar-refractivity contribution in [2.75, 3.05) is 4.90 Å². The zero-order valence-corrected chi connectivity index (χ0v) is 15.4. The van der Waals surface area contributed by atoms with Crippen LogP contribution >= 0.6 is 11.3 Å². The van der Waals surface area contributed by atoms with Crippen molar-refractivity contribution in [2.45, 2.75) is 18.5 Å². The van der Waals surface area contributed by atoms with E-state index in [0.717, 1.165) is 15.8 Å². The highest BCUT2D eigenvalue weighted by Gasteiger charge is 2.67. The van der Waals surface area contributed by atoms with Crippen LogP contribution in [0.4, 0.5) is 11.4 Å². The molecule has 0 bridgehead atoms. The third-order valence-electron chi connectivity index (χ3n) is 5.38. The number of anilines is 1. The summed E-state index contributed by atoms with van der Waals surface area (Å²) in [5.74, 6) is -4.50. The van der Waals surface area contributed by atoms with Gasteiger partial charge in [-0.15, -0.1) is 11.3 Å². The third-order valence-corrected chi connectivity index (χ3v) is 6.34. The molecule has 4 rings (SSSR count). The van der Waals surface area contributed by atoms with Crippen LogP contribution in [0.15, 0.2) is 41.8 Å². The van der Waals surface area contributed by atoms with Crippen LogP contribution in [-0.4, -0.2) is 33.4 Å². The van der Waals surface area contributed by atoms with Crippen molar-refractivity contribution >= 4 is 40.5 Å². The van der Waals surface area contributed by atoms with Gasteiger partial charge in [0.2, 0.25) is 11.8 Å². The molecule has 3 heterocycles. The average molecular weight is 401 g/mol. The average Bonchev–Trinajstić information content (AvgIpc) is 3.33. The van der Waals surface area contributed by atoms with Gasteiger partial charge in [0.1, 0.15) is 5.54 Å². The summed E-state index contributed by atoms with van der Waals surface area (Å²) in [6.07, 6.45) is 0. The van der Waals surface area contributed by atoms with Crippen LogP contribution in [-0.2, 0) is 14.4 Å². The summed E-state index contributed by atoms with van der Waals surface area (Å²) >= 11 is 1.36. The Labute approximate surface area is 162 Å². The first-order valence-corrected chi connectivity index (χ1v) is 9.30. The molecule has 4 atom stereocenters. The van der Waals surface area contributed by atoms with E-state index in [2.05, 4.69) is 5.32 Å². The lowest BCUT2D eigenvalue weighted by Crippen LogP contribution is -2.53. The van der Waals surface area contributed by atoms with E-state index >= 15 is 0 Å². The van der Waals surface area contributed by atoms with Gasteiger partial charge in [0.05, 0.1) is 28.5 Å². The number of nitro benzene ring substituents is 1. The molecule has 4 unspecified atom stereocenters. The Morgan fingerprint density at radius 2 is 2.04 bits per heavy atom. The maximum Gasteiger partial charge on any atom is 0.324 e. The topological polar surface area (TPSA) is 130 Å². The number of hydrogen-bond acceptors (Lipinski definition) is 7. The number of imide groups is 1. The first kappa shape index (κ1) is 18.3. The summed E-state index contributed by atoms with van der Waals surface area (Å²) in [5, 5.41) is 25.6. The number of non-ortho nitro benzene ring substituents is 1. The van der Waals surface area contributed by atoms with Crippen molar-refractivity contribution < 1.29 is 24.4 Å². The van der Waals surface area contributed by atoms with Gasteiger partial charge in [0.15, 0.2) is 0 Å². The molecule has 2 saturated heterocycles. The molecule has 2 aliphatic rings. The summed E-state index contributed by atoms with van der Waals surface area (Å²) in [6, 6.07) is 8.14. The number of fused-ring (bicyclic) bond motifs is 1. The molecular formula is C18H15N3O6S. The molecule has 0 radical (unpaired) electrons. The maximum atomic E-state index is 13.2. The molecule has 10 heteroatoms. The van der Waals surface area contributed by atoms with Gasteiger partial charge in [-0.05, 0) is 24.4 Å². The Balaban J connectivity index is 1.82. The lowest BCUT2D eigenvalue weighted by Gasteiger charge is -2.27. The first-order valence-electron chi connectivity index (χ1n) is 8.42. The van der Waals surface area contributed by atoms with Gasteiger partial charge in [-0.25, -0.2) is 4.90 Å². The van der Waals surface area contributed by atoms with Crippen molar-refractivity contribution in [2.24, 2.45) is 11.8 Å².